The summed E-state index contributed by atoms with van der Waals surface area (Å²) in [4.78, 5) is 12.4. The normalized spacial score (nSPS) is 26.4. The first kappa shape index (κ1) is 24.3. The Morgan fingerprint density at radius 2 is 1.74 bits per heavy atom. The Morgan fingerprint density at radius 1 is 1.06 bits per heavy atom. The van der Waals surface area contributed by atoms with Crippen LogP contribution < -0.4 is 10.1 Å². The molecule has 0 radical (unpaired) electrons. The Morgan fingerprint density at radius 3 is 2.46 bits per heavy atom. The molecule has 2 aromatic rings. The van der Waals surface area contributed by atoms with E-state index in [1.165, 1.54) is 24.3 Å². The third-order valence-corrected chi connectivity index (χ3v) is 10.4. The van der Waals surface area contributed by atoms with Gasteiger partial charge in [0.1, 0.15) is 16.7 Å². The van der Waals surface area contributed by atoms with Gasteiger partial charge in [0.25, 0.3) is 0 Å². The summed E-state index contributed by atoms with van der Waals surface area (Å²) in [6.45, 7) is -0.129. The van der Waals surface area contributed by atoms with E-state index in [1.54, 1.807) is 0 Å². The molecule has 5 rings (SSSR count). The molecule has 188 valence electrons. The van der Waals surface area contributed by atoms with Crippen LogP contribution in [0, 0.1) is 17.6 Å². The highest BCUT2D eigenvalue weighted by Gasteiger charge is 2.59. The average molecular weight is 526 g/mol. The molecule has 1 aliphatic heterocycles. The van der Waals surface area contributed by atoms with Crippen molar-refractivity contribution in [1.82, 2.24) is 5.32 Å². The summed E-state index contributed by atoms with van der Waals surface area (Å²) in [5.74, 6) is -2.75. The lowest BCUT2D eigenvalue weighted by Gasteiger charge is -2.49. The number of fused-ring (bicyclic) bond motifs is 3. The third kappa shape index (κ3) is 4.16. The number of nitrogens with one attached hydrogen (secondary N) is 1. The van der Waals surface area contributed by atoms with Crippen molar-refractivity contribution in [2.75, 3.05) is 6.61 Å². The van der Waals surface area contributed by atoms with Gasteiger partial charge in [-0.3, -0.25) is 0 Å². The second-order valence-corrected chi connectivity index (χ2v) is 12.2. The van der Waals surface area contributed by atoms with E-state index in [0.717, 1.165) is 37.8 Å². The minimum absolute atomic E-state index is 0.0201. The van der Waals surface area contributed by atoms with Crippen LogP contribution in [0.2, 0.25) is 5.02 Å². The maximum atomic E-state index is 15.3. The fourth-order valence-electron chi connectivity index (χ4n) is 5.83. The number of rotatable bonds is 4. The molecule has 3 aliphatic rings. The first-order chi connectivity index (χ1) is 16.7. The maximum Gasteiger partial charge on any atom is 0.407 e. The van der Waals surface area contributed by atoms with E-state index in [9.17, 15) is 17.6 Å². The zero-order chi connectivity index (χ0) is 24.8. The quantitative estimate of drug-likeness (QED) is 0.568. The van der Waals surface area contributed by atoms with Gasteiger partial charge in [0.05, 0.1) is 17.1 Å². The number of halogens is 3. The molecule has 0 bridgehead atoms. The first-order valence-corrected chi connectivity index (χ1v) is 13.7. The van der Waals surface area contributed by atoms with Crippen molar-refractivity contribution >= 4 is 27.5 Å². The molecule has 1 amide bonds. The van der Waals surface area contributed by atoms with E-state index >= 15 is 4.39 Å². The van der Waals surface area contributed by atoms with Crippen molar-refractivity contribution in [1.29, 1.82) is 0 Å². The molecule has 1 N–H and O–H groups in total. The van der Waals surface area contributed by atoms with Crippen LogP contribution in [0.5, 0.6) is 5.75 Å². The van der Waals surface area contributed by atoms with E-state index in [-0.39, 0.29) is 54.2 Å². The Hall–Kier alpha value is -2.39. The summed E-state index contributed by atoms with van der Waals surface area (Å²) < 4.78 is 67.6. The minimum atomic E-state index is -4.21. The summed E-state index contributed by atoms with van der Waals surface area (Å²) in [6.07, 6.45) is 3.50. The van der Waals surface area contributed by atoms with Gasteiger partial charge >= 0.3 is 6.09 Å². The zero-order valence-electron chi connectivity index (χ0n) is 18.9. The summed E-state index contributed by atoms with van der Waals surface area (Å²) in [6, 6.07) is 7.14. The van der Waals surface area contributed by atoms with Crippen LogP contribution in [-0.2, 0) is 19.3 Å². The van der Waals surface area contributed by atoms with Crippen LogP contribution >= 0.6 is 11.6 Å². The lowest BCUT2D eigenvalue weighted by molar-refractivity contribution is 0.0813. The zero-order valence-corrected chi connectivity index (χ0v) is 20.5. The lowest BCUT2D eigenvalue weighted by atomic mass is 9.71. The molecule has 35 heavy (non-hydrogen) atoms. The minimum Gasteiger partial charge on any atom is -0.490 e. The van der Waals surface area contributed by atoms with Crippen LogP contribution in [0.15, 0.2) is 41.3 Å². The van der Waals surface area contributed by atoms with Gasteiger partial charge in [-0.25, -0.2) is 22.0 Å². The topological polar surface area (TPSA) is 81.7 Å². The van der Waals surface area contributed by atoms with Crippen molar-refractivity contribution < 1.29 is 31.5 Å². The van der Waals surface area contributed by atoms with Crippen LogP contribution in [0.4, 0.5) is 13.6 Å². The number of sulfone groups is 1. The standard InChI is InChI=1S/C25H26ClF2NO5S/c26-16-5-7-19(8-6-16)35(31,32)25-12-11-17(29-24(30)34-18-3-1-2-4-18)13-15(25)14-33-23-21(28)10-9-20(27)22(23)25/h5-10,15,17-18H,1-4,11-14H2,(H,29,30)/t15-,17-,25+/m1/s1. The molecule has 6 nitrogen and oxygen atoms in total. The summed E-state index contributed by atoms with van der Waals surface area (Å²) >= 11 is 5.96. The number of amides is 1. The molecule has 0 spiro atoms. The molecule has 1 heterocycles. The Bertz CT molecular complexity index is 1230. The average Bonchev–Trinajstić information content (AvgIpc) is 3.34. The summed E-state index contributed by atoms with van der Waals surface area (Å²) in [7, 11) is -4.21. The number of alkyl carbamates (subject to hydrolysis) is 1. The number of ether oxygens (including phenoxy) is 2. The predicted molar refractivity (Wildman–Crippen MR) is 125 cm³/mol. The highest BCUT2D eigenvalue weighted by Crippen LogP contribution is 2.56. The summed E-state index contributed by atoms with van der Waals surface area (Å²) in [5, 5.41) is 3.21. The van der Waals surface area contributed by atoms with Crippen LogP contribution in [0.25, 0.3) is 0 Å². The van der Waals surface area contributed by atoms with Gasteiger partial charge in [0.15, 0.2) is 21.4 Å². The largest absolute Gasteiger partial charge is 0.490 e. The molecule has 0 aromatic heterocycles. The SMILES string of the molecule is O=C(N[C@@H]1CC[C@@]2(S(=O)(=O)c3ccc(Cl)cc3)c3c(F)ccc(F)c3OC[C@H]2C1)OC1CCCC1. The monoisotopic (exact) mass is 525 g/mol. The van der Waals surface area contributed by atoms with E-state index < -0.39 is 38.2 Å². The molecule has 0 saturated heterocycles. The Kier molecular flexibility index (Phi) is 6.42. The van der Waals surface area contributed by atoms with Crippen LogP contribution in [0.3, 0.4) is 0 Å². The number of benzene rings is 2. The fourth-order valence-corrected chi connectivity index (χ4v) is 8.32. The number of hydrogen-bond acceptors (Lipinski definition) is 5. The fraction of sp³-hybridized carbons (Fsp3) is 0.480. The van der Waals surface area contributed by atoms with Gasteiger partial charge in [0.2, 0.25) is 0 Å². The lowest BCUT2D eigenvalue weighted by Crippen LogP contribution is -2.55. The molecule has 2 aromatic carbocycles. The molecule has 0 unspecified atom stereocenters. The smallest absolute Gasteiger partial charge is 0.407 e. The first-order valence-electron chi connectivity index (χ1n) is 11.8. The number of hydrogen-bond donors (Lipinski definition) is 1. The molecular weight excluding hydrogens is 500 g/mol. The van der Waals surface area contributed by atoms with E-state index in [0.29, 0.717) is 5.02 Å². The second kappa shape index (κ2) is 9.24. The highest BCUT2D eigenvalue weighted by atomic mass is 35.5. The molecule has 2 aliphatic carbocycles. The van der Waals surface area contributed by atoms with Gasteiger partial charge in [-0.1, -0.05) is 11.6 Å². The predicted octanol–water partition coefficient (Wildman–Crippen LogP) is 5.52. The second-order valence-electron chi connectivity index (χ2n) is 9.52. The molecule has 2 fully saturated rings. The molecular formula is C25H26ClF2NO5S. The summed E-state index contributed by atoms with van der Waals surface area (Å²) in [5.41, 5.74) is -0.282. The van der Waals surface area contributed by atoms with E-state index in [2.05, 4.69) is 5.32 Å². The van der Waals surface area contributed by atoms with Crippen molar-refractivity contribution in [3.63, 3.8) is 0 Å². The third-order valence-electron chi connectivity index (χ3n) is 7.50. The van der Waals surface area contributed by atoms with Crippen molar-refractivity contribution in [3.05, 3.63) is 58.6 Å². The number of carbonyl (C=O) groups excluding carboxylic acids is 1. The Balaban J connectivity index is 1.51. The van der Waals surface area contributed by atoms with Crippen molar-refractivity contribution in [2.45, 2.75) is 66.7 Å². The maximum absolute atomic E-state index is 15.3. The van der Waals surface area contributed by atoms with Gasteiger partial charge in [0, 0.05) is 17.0 Å². The van der Waals surface area contributed by atoms with E-state index in [4.69, 9.17) is 21.1 Å². The van der Waals surface area contributed by atoms with Gasteiger partial charge in [-0.05, 0) is 81.3 Å². The van der Waals surface area contributed by atoms with Gasteiger partial charge < -0.3 is 14.8 Å². The van der Waals surface area contributed by atoms with Crippen LogP contribution in [0.1, 0.15) is 50.5 Å². The van der Waals surface area contributed by atoms with Gasteiger partial charge in [-0.15, -0.1) is 0 Å². The van der Waals surface area contributed by atoms with E-state index in [1.807, 2.05) is 0 Å². The highest BCUT2D eigenvalue weighted by molar-refractivity contribution is 7.92. The Labute approximate surface area is 207 Å². The molecule has 3 atom stereocenters. The van der Waals surface area contributed by atoms with Gasteiger partial charge in [-0.2, -0.15) is 0 Å². The molecule has 10 heteroatoms. The van der Waals surface area contributed by atoms with Crippen molar-refractivity contribution in [2.24, 2.45) is 5.92 Å². The molecule has 2 saturated carbocycles. The van der Waals surface area contributed by atoms with Crippen molar-refractivity contribution in [3.8, 4) is 5.75 Å². The number of carbonyl (C=O) groups is 1. The van der Waals surface area contributed by atoms with Crippen LogP contribution in [-0.4, -0.2) is 33.3 Å².